The van der Waals surface area contributed by atoms with Crippen molar-refractivity contribution in [1.29, 1.82) is 0 Å². The lowest BCUT2D eigenvalue weighted by Gasteiger charge is -2.29. The minimum atomic E-state index is -4.75. The maximum atomic E-state index is 12.7. The fraction of sp³-hybridized carbons (Fsp3) is 0.478. The summed E-state index contributed by atoms with van der Waals surface area (Å²) >= 11 is 0. The zero-order valence-electron chi connectivity index (χ0n) is 19.2. The summed E-state index contributed by atoms with van der Waals surface area (Å²) < 4.78 is 64.2. The van der Waals surface area contributed by atoms with E-state index in [1.807, 2.05) is 24.0 Å². The molecule has 0 radical (unpaired) electrons. The molecule has 3 heterocycles. The Morgan fingerprint density at radius 1 is 1.14 bits per heavy atom. The van der Waals surface area contributed by atoms with Gasteiger partial charge in [0.2, 0.25) is 5.91 Å². The first-order chi connectivity index (χ1) is 16.5. The number of carbonyl (C=O) groups is 1. The first kappa shape index (κ1) is 25.1. The highest BCUT2D eigenvalue weighted by atomic mass is 32.2. The van der Waals surface area contributed by atoms with Crippen LogP contribution in [-0.2, 0) is 21.1 Å². The van der Waals surface area contributed by atoms with Crippen molar-refractivity contribution in [3.05, 3.63) is 47.7 Å². The van der Waals surface area contributed by atoms with Gasteiger partial charge in [0.05, 0.1) is 17.9 Å². The Labute approximate surface area is 202 Å². The number of hydrogen-bond donors (Lipinski definition) is 1. The number of nitrogens with zero attached hydrogens (tertiary/aromatic N) is 3. The van der Waals surface area contributed by atoms with Crippen LogP contribution in [0.2, 0.25) is 0 Å². The maximum absolute atomic E-state index is 12.7. The van der Waals surface area contributed by atoms with Gasteiger partial charge in [-0.1, -0.05) is 12.1 Å². The smallest absolute Gasteiger partial charge is 0.406 e. The Morgan fingerprint density at radius 2 is 1.83 bits per heavy atom. The van der Waals surface area contributed by atoms with E-state index < -0.39 is 16.2 Å². The molecular formula is C23H27F3N4O4S. The number of likely N-dealkylation sites (tertiary alicyclic amines) is 1. The highest BCUT2D eigenvalue weighted by Crippen LogP contribution is 2.25. The van der Waals surface area contributed by atoms with Crippen LogP contribution in [0.3, 0.4) is 0 Å². The molecule has 0 aliphatic carbocycles. The van der Waals surface area contributed by atoms with Crippen LogP contribution in [0.4, 0.5) is 24.7 Å². The third kappa shape index (κ3) is 7.00. The summed E-state index contributed by atoms with van der Waals surface area (Å²) in [7, 11) is -2.97. The van der Waals surface area contributed by atoms with Crippen LogP contribution < -0.4 is 15.0 Å². The molecule has 1 aromatic carbocycles. The second-order valence-electron chi connectivity index (χ2n) is 8.83. The summed E-state index contributed by atoms with van der Waals surface area (Å²) in [6.45, 7) is 3.82. The van der Waals surface area contributed by atoms with Crippen LogP contribution in [0.15, 0.2) is 36.4 Å². The van der Waals surface area contributed by atoms with Crippen LogP contribution in [0.5, 0.6) is 5.75 Å². The molecule has 0 bridgehead atoms. The van der Waals surface area contributed by atoms with Crippen LogP contribution in [0.1, 0.15) is 17.7 Å². The zero-order valence-corrected chi connectivity index (χ0v) is 20.0. The van der Waals surface area contributed by atoms with Gasteiger partial charge in [0.25, 0.3) is 0 Å². The van der Waals surface area contributed by atoms with Crippen molar-refractivity contribution >= 4 is 27.2 Å². The molecule has 2 fully saturated rings. The summed E-state index contributed by atoms with van der Waals surface area (Å²) in [5.74, 6) is 0.513. The molecule has 2 aliphatic rings. The molecule has 0 saturated carbocycles. The molecule has 0 spiro atoms. The van der Waals surface area contributed by atoms with Gasteiger partial charge < -0.3 is 19.9 Å². The summed E-state index contributed by atoms with van der Waals surface area (Å²) in [6.07, 6.45) is -3.93. The number of sulfone groups is 1. The third-order valence-corrected chi connectivity index (χ3v) is 7.66. The lowest BCUT2D eigenvalue weighted by Crippen LogP contribution is -2.40. The highest BCUT2D eigenvalue weighted by Gasteiger charge is 2.31. The van der Waals surface area contributed by atoms with Gasteiger partial charge >= 0.3 is 6.36 Å². The van der Waals surface area contributed by atoms with Gasteiger partial charge in [-0.2, -0.15) is 0 Å². The Hall–Kier alpha value is -3.02. The summed E-state index contributed by atoms with van der Waals surface area (Å²) in [4.78, 5) is 21.0. The summed E-state index contributed by atoms with van der Waals surface area (Å²) in [6, 6.07) is 9.14. The van der Waals surface area contributed by atoms with Crippen LogP contribution in [0.25, 0.3) is 0 Å². The number of anilines is 2. The predicted octanol–water partition coefficient (Wildman–Crippen LogP) is 2.78. The number of hydrogen-bond acceptors (Lipinski definition) is 7. The number of aromatic nitrogens is 1. The van der Waals surface area contributed by atoms with E-state index in [-0.39, 0.29) is 35.6 Å². The third-order valence-electron chi connectivity index (χ3n) is 6.05. The molecule has 2 aliphatic heterocycles. The quantitative estimate of drug-likeness (QED) is 0.637. The Balaban J connectivity index is 1.32. The number of aryl methyl sites for hydroxylation is 1. The van der Waals surface area contributed by atoms with Crippen LogP contribution in [-0.4, -0.2) is 74.3 Å². The zero-order chi connectivity index (χ0) is 25.2. The van der Waals surface area contributed by atoms with E-state index in [1.54, 1.807) is 4.90 Å². The maximum Gasteiger partial charge on any atom is 0.573 e. The van der Waals surface area contributed by atoms with Crippen molar-refractivity contribution in [1.82, 2.24) is 9.88 Å². The lowest BCUT2D eigenvalue weighted by molar-refractivity contribution is -0.274. The molecule has 1 N–H and O–H groups in total. The topological polar surface area (TPSA) is 91.8 Å². The second-order valence-corrected chi connectivity index (χ2v) is 11.1. The number of halogens is 3. The Morgan fingerprint density at radius 3 is 2.49 bits per heavy atom. The molecule has 190 valence electrons. The van der Waals surface area contributed by atoms with Gasteiger partial charge in [0, 0.05) is 49.7 Å². The van der Waals surface area contributed by atoms with Gasteiger partial charge in [-0.3, -0.25) is 4.79 Å². The number of ether oxygens (including phenoxy) is 1. The van der Waals surface area contributed by atoms with Crippen molar-refractivity contribution in [3.8, 4) is 5.75 Å². The van der Waals surface area contributed by atoms with E-state index in [9.17, 15) is 26.4 Å². The average molecular weight is 513 g/mol. The van der Waals surface area contributed by atoms with E-state index in [0.29, 0.717) is 37.6 Å². The van der Waals surface area contributed by atoms with Crippen molar-refractivity contribution in [2.24, 2.45) is 0 Å². The number of benzene rings is 1. The normalized spacial score (nSPS) is 20.1. The lowest BCUT2D eigenvalue weighted by atomic mass is 10.1. The molecular weight excluding hydrogens is 485 g/mol. The summed E-state index contributed by atoms with van der Waals surface area (Å²) in [5.41, 5.74) is 2.33. The Kier molecular flexibility index (Phi) is 7.11. The van der Waals surface area contributed by atoms with Gasteiger partial charge in [0.1, 0.15) is 11.6 Å². The van der Waals surface area contributed by atoms with E-state index >= 15 is 0 Å². The van der Waals surface area contributed by atoms with Gasteiger partial charge in [0.15, 0.2) is 9.84 Å². The fourth-order valence-corrected chi connectivity index (χ4v) is 5.49. The highest BCUT2D eigenvalue weighted by molar-refractivity contribution is 7.91. The van der Waals surface area contributed by atoms with E-state index in [1.165, 1.54) is 24.3 Å². The minimum absolute atomic E-state index is 0.00500. The molecule has 2 saturated heterocycles. The number of pyridine rings is 1. The molecule has 0 unspecified atom stereocenters. The van der Waals surface area contributed by atoms with Gasteiger partial charge in [-0.15, -0.1) is 13.2 Å². The largest absolute Gasteiger partial charge is 0.573 e. The molecule has 1 amide bonds. The number of carbonyl (C=O) groups excluding carboxylic acids is 1. The van der Waals surface area contributed by atoms with Crippen molar-refractivity contribution in [3.63, 3.8) is 0 Å². The molecule has 4 rings (SSSR count). The first-order valence-corrected chi connectivity index (χ1v) is 13.1. The van der Waals surface area contributed by atoms with Crippen molar-refractivity contribution in [2.45, 2.75) is 32.2 Å². The standard InChI is InChI=1S/C23H27F3N4O4S/c1-16-12-19(29-8-10-35(32,33)11-9-29)14-21(27-16)28-18-6-7-30(15-18)22(31)13-17-2-4-20(5-3-17)34-23(24,25)26/h2-5,12,14,18H,6-11,13,15H2,1H3,(H,27,28)/t18-/m0/s1. The summed E-state index contributed by atoms with van der Waals surface area (Å²) in [5, 5.41) is 3.38. The van der Waals surface area contributed by atoms with E-state index in [2.05, 4.69) is 15.0 Å². The van der Waals surface area contributed by atoms with E-state index in [0.717, 1.165) is 17.8 Å². The number of nitrogens with one attached hydrogen (secondary N) is 1. The Bertz CT molecular complexity index is 1160. The predicted molar refractivity (Wildman–Crippen MR) is 125 cm³/mol. The SMILES string of the molecule is Cc1cc(N2CCS(=O)(=O)CC2)cc(N[C@H]2CCN(C(=O)Cc3ccc(OC(F)(F)F)cc3)C2)n1. The van der Waals surface area contributed by atoms with E-state index in [4.69, 9.17) is 0 Å². The fourth-order valence-electron chi connectivity index (χ4n) is 4.29. The molecule has 35 heavy (non-hydrogen) atoms. The van der Waals surface area contributed by atoms with Crippen LogP contribution in [0, 0.1) is 6.92 Å². The number of rotatable bonds is 6. The van der Waals surface area contributed by atoms with Crippen molar-refractivity contribution < 1.29 is 31.1 Å². The minimum Gasteiger partial charge on any atom is -0.406 e. The molecule has 12 heteroatoms. The average Bonchev–Trinajstić information content (AvgIpc) is 3.22. The van der Waals surface area contributed by atoms with Gasteiger partial charge in [-0.25, -0.2) is 13.4 Å². The van der Waals surface area contributed by atoms with Crippen molar-refractivity contribution in [2.75, 3.05) is 47.9 Å². The first-order valence-electron chi connectivity index (χ1n) is 11.3. The van der Waals surface area contributed by atoms with Crippen LogP contribution >= 0.6 is 0 Å². The molecule has 8 nitrogen and oxygen atoms in total. The number of alkyl halides is 3. The molecule has 1 aromatic heterocycles. The number of amides is 1. The monoisotopic (exact) mass is 512 g/mol. The molecule has 2 aromatic rings. The van der Waals surface area contributed by atoms with Gasteiger partial charge in [-0.05, 0) is 37.1 Å². The molecule has 1 atom stereocenters. The second kappa shape index (κ2) is 9.92.